The Morgan fingerprint density at radius 1 is 1.32 bits per heavy atom. The molecule has 0 saturated carbocycles. The second kappa shape index (κ2) is 7.67. The maximum atomic E-state index is 5.58. The van der Waals surface area contributed by atoms with Crippen molar-refractivity contribution in [3.8, 4) is 0 Å². The molecule has 5 nitrogen and oxygen atoms in total. The molecule has 22 heavy (non-hydrogen) atoms. The van der Waals surface area contributed by atoms with Gasteiger partial charge >= 0.3 is 0 Å². The Morgan fingerprint density at radius 3 is 2.82 bits per heavy atom. The Bertz CT molecular complexity index is 552. The van der Waals surface area contributed by atoms with Crippen molar-refractivity contribution < 1.29 is 4.74 Å². The van der Waals surface area contributed by atoms with Crippen LogP contribution in [0.2, 0.25) is 0 Å². The second-order valence-corrected chi connectivity index (χ2v) is 6.51. The van der Waals surface area contributed by atoms with Crippen molar-refractivity contribution >= 4 is 17.3 Å². The second-order valence-electron chi connectivity index (χ2n) is 5.73. The van der Waals surface area contributed by atoms with Crippen LogP contribution in [0.4, 0.5) is 5.95 Å². The molecule has 0 radical (unpaired) electrons. The molecule has 3 heterocycles. The van der Waals surface area contributed by atoms with E-state index >= 15 is 0 Å². The van der Waals surface area contributed by atoms with Gasteiger partial charge in [-0.05, 0) is 42.3 Å². The zero-order valence-electron chi connectivity index (χ0n) is 12.9. The number of rotatable bonds is 7. The van der Waals surface area contributed by atoms with Gasteiger partial charge in [0.05, 0.1) is 6.10 Å². The van der Waals surface area contributed by atoms with Crippen LogP contribution in [0.15, 0.2) is 29.2 Å². The fourth-order valence-corrected chi connectivity index (χ4v) is 3.26. The lowest BCUT2D eigenvalue weighted by Gasteiger charge is -2.16. The van der Waals surface area contributed by atoms with E-state index in [0.717, 1.165) is 44.6 Å². The zero-order chi connectivity index (χ0) is 15.2. The van der Waals surface area contributed by atoms with Gasteiger partial charge in [-0.1, -0.05) is 0 Å². The molecule has 2 aromatic heterocycles. The molecule has 0 aliphatic carbocycles. The summed E-state index contributed by atoms with van der Waals surface area (Å²) in [5.41, 5.74) is 2.48. The molecule has 0 spiro atoms. The normalized spacial score (nSPS) is 18.0. The average molecular weight is 318 g/mol. The smallest absolute Gasteiger partial charge is 0.222 e. The summed E-state index contributed by atoms with van der Waals surface area (Å²) in [4.78, 5) is 11.0. The van der Waals surface area contributed by atoms with E-state index in [2.05, 4.69) is 44.1 Å². The summed E-state index contributed by atoms with van der Waals surface area (Å²) in [5, 5.41) is 7.54. The first-order chi connectivity index (χ1) is 10.8. The number of aromatic nitrogens is 2. The van der Waals surface area contributed by atoms with Crippen molar-refractivity contribution in [1.82, 2.24) is 14.9 Å². The predicted octanol–water partition coefficient (Wildman–Crippen LogP) is 2.76. The molecule has 118 valence electrons. The summed E-state index contributed by atoms with van der Waals surface area (Å²) >= 11 is 1.74. The highest BCUT2D eigenvalue weighted by molar-refractivity contribution is 7.07. The minimum absolute atomic E-state index is 0.306. The zero-order valence-corrected chi connectivity index (χ0v) is 13.7. The number of ether oxygens (including phenoxy) is 1. The highest BCUT2D eigenvalue weighted by atomic mass is 32.1. The molecular weight excluding hydrogens is 296 g/mol. The van der Waals surface area contributed by atoms with E-state index in [1.54, 1.807) is 11.3 Å². The van der Waals surface area contributed by atoms with Gasteiger partial charge in [-0.2, -0.15) is 11.3 Å². The first-order valence-electron chi connectivity index (χ1n) is 7.65. The molecule has 1 atom stereocenters. The summed E-state index contributed by atoms with van der Waals surface area (Å²) in [6.45, 7) is 3.46. The minimum Gasteiger partial charge on any atom is -0.376 e. The maximum absolute atomic E-state index is 5.58. The summed E-state index contributed by atoms with van der Waals surface area (Å²) in [5.74, 6) is 0.680. The summed E-state index contributed by atoms with van der Waals surface area (Å²) in [6.07, 6.45) is 6.38. The van der Waals surface area contributed by atoms with E-state index in [4.69, 9.17) is 4.74 Å². The fourth-order valence-electron chi connectivity index (χ4n) is 2.60. The lowest BCUT2D eigenvalue weighted by atomic mass is 10.2. The van der Waals surface area contributed by atoms with Gasteiger partial charge in [0, 0.05) is 44.2 Å². The van der Waals surface area contributed by atoms with E-state index in [1.165, 1.54) is 5.56 Å². The largest absolute Gasteiger partial charge is 0.376 e. The predicted molar refractivity (Wildman–Crippen MR) is 89.0 cm³/mol. The van der Waals surface area contributed by atoms with Gasteiger partial charge in [0.15, 0.2) is 0 Å². The van der Waals surface area contributed by atoms with Crippen LogP contribution in [0.1, 0.15) is 24.0 Å². The van der Waals surface area contributed by atoms with E-state index in [9.17, 15) is 0 Å². The molecule has 3 rings (SSSR count). The van der Waals surface area contributed by atoms with Crippen LogP contribution >= 0.6 is 11.3 Å². The first-order valence-corrected chi connectivity index (χ1v) is 8.60. The summed E-state index contributed by atoms with van der Waals surface area (Å²) in [6, 6.07) is 2.16. The third-order valence-corrected chi connectivity index (χ3v) is 4.43. The van der Waals surface area contributed by atoms with E-state index < -0.39 is 0 Å². The Balaban J connectivity index is 1.46. The Morgan fingerprint density at radius 2 is 2.14 bits per heavy atom. The molecule has 1 aliphatic heterocycles. The molecule has 1 saturated heterocycles. The molecule has 2 aromatic rings. The monoisotopic (exact) mass is 318 g/mol. The van der Waals surface area contributed by atoms with Crippen molar-refractivity contribution in [2.45, 2.75) is 32.0 Å². The van der Waals surface area contributed by atoms with Crippen LogP contribution < -0.4 is 5.32 Å². The number of hydrogen-bond donors (Lipinski definition) is 1. The van der Waals surface area contributed by atoms with Crippen LogP contribution in [0.25, 0.3) is 0 Å². The highest BCUT2D eigenvalue weighted by Gasteiger charge is 2.15. The number of nitrogens with zero attached hydrogens (tertiary/aromatic N) is 3. The van der Waals surface area contributed by atoms with Crippen molar-refractivity contribution in [3.63, 3.8) is 0 Å². The maximum Gasteiger partial charge on any atom is 0.222 e. The number of hydrogen-bond acceptors (Lipinski definition) is 6. The first kappa shape index (κ1) is 15.4. The van der Waals surface area contributed by atoms with Crippen LogP contribution in [0.3, 0.4) is 0 Å². The topological polar surface area (TPSA) is 50.3 Å². The fraction of sp³-hybridized carbons (Fsp3) is 0.500. The highest BCUT2D eigenvalue weighted by Crippen LogP contribution is 2.13. The molecule has 0 bridgehead atoms. The van der Waals surface area contributed by atoms with Gasteiger partial charge in [0.2, 0.25) is 5.95 Å². The Hall–Kier alpha value is -1.50. The van der Waals surface area contributed by atoms with Crippen LogP contribution in [0.5, 0.6) is 0 Å². The molecule has 6 heteroatoms. The number of anilines is 1. The Kier molecular flexibility index (Phi) is 5.37. The lowest BCUT2D eigenvalue weighted by molar-refractivity contribution is 0.120. The van der Waals surface area contributed by atoms with Crippen molar-refractivity contribution in [2.75, 3.05) is 25.5 Å². The standard InChI is InChI=1S/C16H22N4OS/c1-20(10-13-4-6-22-12-13)11-14-7-17-16(18-8-14)19-9-15-3-2-5-21-15/h4,6-8,12,15H,2-3,5,9-11H2,1H3,(H,17,18,19). The third-order valence-electron chi connectivity index (χ3n) is 3.70. The van der Waals surface area contributed by atoms with E-state index in [-0.39, 0.29) is 0 Å². The molecule has 1 fully saturated rings. The van der Waals surface area contributed by atoms with Gasteiger partial charge < -0.3 is 10.1 Å². The molecule has 0 amide bonds. The van der Waals surface area contributed by atoms with Crippen molar-refractivity contribution in [1.29, 1.82) is 0 Å². The Labute approximate surface area is 135 Å². The van der Waals surface area contributed by atoms with E-state index in [1.807, 2.05) is 12.4 Å². The summed E-state index contributed by atoms with van der Waals surface area (Å²) < 4.78 is 5.58. The molecule has 1 unspecified atom stereocenters. The average Bonchev–Trinajstić information content (AvgIpc) is 3.20. The van der Waals surface area contributed by atoms with Crippen LogP contribution in [-0.2, 0) is 17.8 Å². The van der Waals surface area contributed by atoms with E-state index in [0.29, 0.717) is 12.1 Å². The van der Waals surface area contributed by atoms with Crippen molar-refractivity contribution in [3.05, 3.63) is 40.3 Å². The minimum atomic E-state index is 0.306. The SMILES string of the molecule is CN(Cc1cnc(NCC2CCCO2)nc1)Cc1ccsc1. The van der Waals surface area contributed by atoms with Crippen molar-refractivity contribution in [2.24, 2.45) is 0 Å². The summed E-state index contributed by atoms with van der Waals surface area (Å²) in [7, 11) is 2.11. The molecular formula is C16H22N4OS. The number of thiophene rings is 1. The quantitative estimate of drug-likeness (QED) is 0.851. The molecule has 1 N–H and O–H groups in total. The number of nitrogens with one attached hydrogen (secondary N) is 1. The van der Waals surface area contributed by atoms with Gasteiger partial charge in [-0.3, -0.25) is 4.90 Å². The van der Waals surface area contributed by atoms with Gasteiger partial charge in [-0.25, -0.2) is 9.97 Å². The molecule has 0 aromatic carbocycles. The van der Waals surface area contributed by atoms with Crippen LogP contribution in [0, 0.1) is 0 Å². The molecule has 1 aliphatic rings. The third kappa shape index (κ3) is 4.50. The van der Waals surface area contributed by atoms with Gasteiger partial charge in [0.25, 0.3) is 0 Å². The van der Waals surface area contributed by atoms with Crippen LogP contribution in [-0.4, -0.2) is 41.2 Å². The van der Waals surface area contributed by atoms with Gasteiger partial charge in [-0.15, -0.1) is 0 Å². The lowest BCUT2D eigenvalue weighted by Crippen LogP contribution is -2.20. The van der Waals surface area contributed by atoms with Gasteiger partial charge in [0.1, 0.15) is 0 Å².